The largest absolute Gasteiger partial charge is 0.496 e. The predicted octanol–water partition coefficient (Wildman–Crippen LogP) is 4.22. The molecule has 1 aliphatic heterocycles. The standard InChI is InChI=1S/C23H21N3O4S/c1-30-18-7-6-17-20(16-8-13-31-21(16)22(27)24-17)19(18)14-2-4-15(5-3-14)25-9-11-26(12-10-25)23(28)29/h2-8,13H,9-12H2,1H3,(H,24,27)(H,28,29). The summed E-state index contributed by atoms with van der Waals surface area (Å²) in [5, 5.41) is 13.0. The summed E-state index contributed by atoms with van der Waals surface area (Å²) in [7, 11) is 1.65. The molecule has 0 spiro atoms. The summed E-state index contributed by atoms with van der Waals surface area (Å²) in [5.74, 6) is 0.745. The fourth-order valence-electron chi connectivity index (χ4n) is 4.28. The van der Waals surface area contributed by atoms with Crippen molar-refractivity contribution < 1.29 is 14.6 Å². The van der Waals surface area contributed by atoms with Gasteiger partial charge in [-0.2, -0.15) is 0 Å². The van der Waals surface area contributed by atoms with Crippen molar-refractivity contribution in [3.63, 3.8) is 0 Å². The number of benzene rings is 2. The molecule has 31 heavy (non-hydrogen) atoms. The van der Waals surface area contributed by atoms with Crippen LogP contribution in [0.1, 0.15) is 0 Å². The Hall–Kier alpha value is -3.52. The summed E-state index contributed by atoms with van der Waals surface area (Å²) in [4.78, 5) is 30.2. The maximum absolute atomic E-state index is 12.4. The number of methoxy groups -OCH3 is 1. The minimum atomic E-state index is -0.865. The third-order valence-corrected chi connectivity index (χ3v) is 6.76. The lowest BCUT2D eigenvalue weighted by Gasteiger charge is -2.34. The van der Waals surface area contributed by atoms with E-state index < -0.39 is 6.09 Å². The summed E-state index contributed by atoms with van der Waals surface area (Å²) in [6, 6.07) is 14.0. The number of fused-ring (bicyclic) bond motifs is 3. The number of hydrogen-bond donors (Lipinski definition) is 2. The Balaban J connectivity index is 1.57. The van der Waals surface area contributed by atoms with Crippen LogP contribution < -0.4 is 15.2 Å². The molecule has 0 bridgehead atoms. The van der Waals surface area contributed by atoms with Crippen LogP contribution in [0.3, 0.4) is 0 Å². The SMILES string of the molecule is COc1ccc2[nH]c(=O)c3sccc3c2c1-c1ccc(N2CCN(C(=O)O)CC2)cc1. The summed E-state index contributed by atoms with van der Waals surface area (Å²) < 4.78 is 6.39. The highest BCUT2D eigenvalue weighted by atomic mass is 32.1. The summed E-state index contributed by atoms with van der Waals surface area (Å²) in [5.41, 5.74) is 3.70. The lowest BCUT2D eigenvalue weighted by atomic mass is 9.97. The van der Waals surface area contributed by atoms with Gasteiger partial charge in [0.25, 0.3) is 5.56 Å². The first kappa shape index (κ1) is 19.4. The van der Waals surface area contributed by atoms with Gasteiger partial charge in [-0.05, 0) is 41.3 Å². The number of H-pyrrole nitrogens is 1. The van der Waals surface area contributed by atoms with Crippen LogP contribution in [-0.2, 0) is 0 Å². The molecule has 7 nitrogen and oxygen atoms in total. The number of nitrogens with zero attached hydrogens (tertiary/aromatic N) is 2. The normalized spacial score (nSPS) is 14.4. The second kappa shape index (κ2) is 7.63. The first-order valence-electron chi connectivity index (χ1n) is 10.0. The van der Waals surface area contributed by atoms with Gasteiger partial charge in [-0.15, -0.1) is 11.3 Å². The number of thiophene rings is 1. The van der Waals surface area contributed by atoms with Crippen molar-refractivity contribution >= 4 is 44.1 Å². The van der Waals surface area contributed by atoms with Gasteiger partial charge in [0.1, 0.15) is 10.4 Å². The number of aromatic amines is 1. The molecule has 0 unspecified atom stereocenters. The average Bonchev–Trinajstić information content (AvgIpc) is 3.29. The summed E-state index contributed by atoms with van der Waals surface area (Å²) in [6.07, 6.45) is -0.865. The fourth-order valence-corrected chi connectivity index (χ4v) is 5.08. The first-order valence-corrected chi connectivity index (χ1v) is 10.9. The van der Waals surface area contributed by atoms with Crippen molar-refractivity contribution in [1.82, 2.24) is 9.88 Å². The molecule has 1 fully saturated rings. The lowest BCUT2D eigenvalue weighted by Crippen LogP contribution is -2.48. The highest BCUT2D eigenvalue weighted by molar-refractivity contribution is 7.17. The molecule has 4 aromatic rings. The number of carboxylic acid groups (broad SMARTS) is 1. The molecular formula is C23H21N3O4S. The van der Waals surface area contributed by atoms with Crippen molar-refractivity contribution in [3.05, 3.63) is 58.2 Å². The van der Waals surface area contributed by atoms with E-state index >= 15 is 0 Å². The molecule has 0 atom stereocenters. The zero-order chi connectivity index (χ0) is 21.5. The minimum Gasteiger partial charge on any atom is -0.496 e. The topological polar surface area (TPSA) is 85.9 Å². The van der Waals surface area contributed by atoms with Crippen LogP contribution >= 0.6 is 11.3 Å². The number of aromatic nitrogens is 1. The van der Waals surface area contributed by atoms with Crippen LogP contribution in [-0.4, -0.2) is 54.4 Å². The third kappa shape index (κ3) is 3.29. The Morgan fingerprint density at radius 3 is 2.48 bits per heavy atom. The molecule has 1 saturated heterocycles. The molecule has 1 amide bonds. The maximum atomic E-state index is 12.4. The molecule has 0 aliphatic carbocycles. The number of anilines is 1. The number of ether oxygens (including phenoxy) is 1. The van der Waals surface area contributed by atoms with E-state index in [9.17, 15) is 9.59 Å². The Morgan fingerprint density at radius 2 is 1.81 bits per heavy atom. The van der Waals surface area contributed by atoms with E-state index in [0.29, 0.717) is 30.9 Å². The van der Waals surface area contributed by atoms with Crippen LogP contribution in [0.2, 0.25) is 0 Å². The zero-order valence-electron chi connectivity index (χ0n) is 16.9. The van der Waals surface area contributed by atoms with Gasteiger partial charge >= 0.3 is 6.09 Å². The quantitative estimate of drug-likeness (QED) is 0.503. The molecule has 1 aliphatic rings. The fraction of sp³-hybridized carbons (Fsp3) is 0.217. The van der Waals surface area contributed by atoms with Crippen molar-refractivity contribution in [1.29, 1.82) is 0 Å². The molecule has 0 saturated carbocycles. The van der Waals surface area contributed by atoms with Gasteiger partial charge in [-0.3, -0.25) is 4.79 Å². The molecular weight excluding hydrogens is 414 g/mol. The molecule has 0 radical (unpaired) electrons. The predicted molar refractivity (Wildman–Crippen MR) is 124 cm³/mol. The van der Waals surface area contributed by atoms with Crippen molar-refractivity contribution in [2.24, 2.45) is 0 Å². The van der Waals surface area contributed by atoms with Gasteiger partial charge in [0, 0.05) is 53.7 Å². The Labute approximate surface area is 182 Å². The van der Waals surface area contributed by atoms with E-state index in [0.717, 1.165) is 38.9 Å². The molecule has 5 rings (SSSR count). The van der Waals surface area contributed by atoms with Crippen LogP contribution in [0.25, 0.3) is 32.1 Å². The number of piperazine rings is 1. The molecule has 2 N–H and O–H groups in total. The number of nitrogens with one attached hydrogen (secondary N) is 1. The Morgan fingerprint density at radius 1 is 1.06 bits per heavy atom. The minimum absolute atomic E-state index is 0.0792. The van der Waals surface area contributed by atoms with Crippen molar-refractivity contribution in [2.45, 2.75) is 0 Å². The van der Waals surface area contributed by atoms with Crippen molar-refractivity contribution in [3.8, 4) is 16.9 Å². The Kier molecular flexibility index (Phi) is 4.78. The number of carbonyl (C=O) groups is 1. The van der Waals surface area contributed by atoms with E-state index in [1.807, 2.05) is 23.6 Å². The van der Waals surface area contributed by atoms with E-state index in [-0.39, 0.29) is 5.56 Å². The van der Waals surface area contributed by atoms with Gasteiger partial charge in [0.2, 0.25) is 0 Å². The molecule has 8 heteroatoms. The summed E-state index contributed by atoms with van der Waals surface area (Å²) >= 11 is 1.43. The van der Waals surface area contributed by atoms with Crippen LogP contribution in [0.4, 0.5) is 10.5 Å². The van der Waals surface area contributed by atoms with E-state index in [1.165, 1.54) is 16.2 Å². The van der Waals surface area contributed by atoms with Crippen molar-refractivity contribution in [2.75, 3.05) is 38.2 Å². The third-order valence-electron chi connectivity index (χ3n) is 5.85. The zero-order valence-corrected chi connectivity index (χ0v) is 17.7. The molecule has 3 heterocycles. The van der Waals surface area contributed by atoms with Crippen LogP contribution in [0, 0.1) is 0 Å². The first-order chi connectivity index (χ1) is 15.1. The van der Waals surface area contributed by atoms with Gasteiger partial charge in [0.05, 0.1) is 7.11 Å². The summed E-state index contributed by atoms with van der Waals surface area (Å²) in [6.45, 7) is 2.33. The van der Waals surface area contributed by atoms with E-state index in [4.69, 9.17) is 9.84 Å². The maximum Gasteiger partial charge on any atom is 0.407 e. The second-order valence-electron chi connectivity index (χ2n) is 7.49. The second-order valence-corrected chi connectivity index (χ2v) is 8.40. The number of pyridine rings is 1. The number of hydrogen-bond acceptors (Lipinski definition) is 5. The average molecular weight is 436 g/mol. The van der Waals surface area contributed by atoms with Crippen LogP contribution in [0.15, 0.2) is 52.6 Å². The van der Waals surface area contributed by atoms with Crippen LogP contribution in [0.5, 0.6) is 5.75 Å². The number of rotatable bonds is 3. The van der Waals surface area contributed by atoms with E-state index in [2.05, 4.69) is 34.1 Å². The monoisotopic (exact) mass is 435 g/mol. The van der Waals surface area contributed by atoms with Gasteiger partial charge in [-0.25, -0.2) is 4.79 Å². The highest BCUT2D eigenvalue weighted by Crippen LogP contribution is 2.40. The van der Waals surface area contributed by atoms with Gasteiger partial charge < -0.3 is 24.6 Å². The number of amides is 1. The lowest BCUT2D eigenvalue weighted by molar-refractivity contribution is 0.142. The smallest absolute Gasteiger partial charge is 0.407 e. The molecule has 158 valence electrons. The molecule has 2 aromatic heterocycles. The molecule has 2 aromatic carbocycles. The van der Waals surface area contributed by atoms with Gasteiger partial charge in [0.15, 0.2) is 0 Å². The highest BCUT2D eigenvalue weighted by Gasteiger charge is 2.21. The van der Waals surface area contributed by atoms with E-state index in [1.54, 1.807) is 7.11 Å². The van der Waals surface area contributed by atoms with Gasteiger partial charge in [-0.1, -0.05) is 12.1 Å². The Bertz CT molecular complexity index is 1330.